The highest BCUT2D eigenvalue weighted by Gasteiger charge is 2.12. The van der Waals surface area contributed by atoms with Crippen molar-refractivity contribution < 1.29 is 14.7 Å². The molecular weight excluding hydrogens is 828 g/mol. The Morgan fingerprint density at radius 2 is 1.13 bits per heavy atom. The van der Waals surface area contributed by atoms with E-state index >= 15 is 0 Å². The van der Waals surface area contributed by atoms with Gasteiger partial charge in [0.15, 0.2) is 0 Å². The number of imidazole rings is 2. The Morgan fingerprint density at radius 1 is 0.655 bits per heavy atom. The van der Waals surface area contributed by atoms with Gasteiger partial charge in [-0.25, -0.2) is 9.97 Å². The van der Waals surface area contributed by atoms with Crippen LogP contribution in [0.15, 0.2) is 136 Å². The molecule has 4 heterocycles. The number of anilines is 4. The lowest BCUT2D eigenvalue weighted by atomic mass is 10.3. The summed E-state index contributed by atoms with van der Waals surface area (Å²) in [5.74, 6) is 4.16. The average molecular weight is 863 g/mol. The zero-order valence-electron chi connectivity index (χ0n) is 29.6. The number of nitrogens with two attached hydrogens (primary N) is 1. The molecule has 0 saturated carbocycles. The van der Waals surface area contributed by atoms with Gasteiger partial charge in [0.25, 0.3) is 0 Å². The number of oxime groups is 1. The van der Waals surface area contributed by atoms with Crippen molar-refractivity contribution in [1.82, 2.24) is 29.1 Å². The Balaban J connectivity index is 0.000000169. The monoisotopic (exact) mass is 860 g/mol. The van der Waals surface area contributed by atoms with Crippen LogP contribution in [0.4, 0.5) is 23.3 Å². The molecule has 276 valence electrons. The minimum absolute atomic E-state index is 0.377. The molecule has 0 aliphatic rings. The van der Waals surface area contributed by atoms with Crippen LogP contribution in [0.2, 0.25) is 0 Å². The topological polar surface area (TPSA) is 163 Å². The van der Waals surface area contributed by atoms with Crippen LogP contribution in [0.25, 0.3) is 22.1 Å². The van der Waals surface area contributed by atoms with E-state index in [0.29, 0.717) is 35.2 Å². The zero-order valence-corrected chi connectivity index (χ0v) is 32.7. The van der Waals surface area contributed by atoms with Crippen molar-refractivity contribution in [3.8, 4) is 23.0 Å². The van der Waals surface area contributed by atoms with Gasteiger partial charge in [0.2, 0.25) is 11.9 Å². The number of hydrogen-bond donors (Lipinski definition) is 4. The number of ether oxygens (including phenoxy) is 2. The molecule has 8 aromatic rings. The summed E-state index contributed by atoms with van der Waals surface area (Å²) in [4.78, 5) is 17.6. The third-order valence-corrected chi connectivity index (χ3v) is 9.37. The van der Waals surface area contributed by atoms with E-state index in [1.165, 1.54) is 6.21 Å². The minimum atomic E-state index is 0.377. The van der Waals surface area contributed by atoms with Crippen LogP contribution >= 0.6 is 31.9 Å². The number of nitrogens with one attached hydrogen (secondary N) is 2. The SMILES string of the molecule is Cn1c(Nc2ccc(Br)cc2)nc2cc(Oc3ccnc(/C=N/O)c3)ccc21.Cn1c(Nc2ccc(Br)cc2)nc2cc(Oc3ccnc(CN)c3)ccc21. The standard InChI is InChI=1S/C20H16BrN5O2.C20H18BrN5O/c1-26-19-7-6-16(28-17-8-9-22-15(10-17)12-23-27)11-18(19)25-20(26)24-14-4-2-13(21)3-5-14;1-26-19-7-6-16(27-17-8-9-23-15(10-17)12-22)11-18(19)25-20(26)24-14-4-2-13(21)3-5-14/h2-12,27H,1H3,(H,24,25);2-11H,12,22H2,1H3,(H,24,25)/b23-12+;. The van der Waals surface area contributed by atoms with Crippen molar-refractivity contribution in [2.45, 2.75) is 6.54 Å². The molecule has 8 rings (SSSR count). The minimum Gasteiger partial charge on any atom is -0.457 e. The molecule has 5 N–H and O–H groups in total. The fourth-order valence-electron chi connectivity index (χ4n) is 5.56. The lowest BCUT2D eigenvalue weighted by Crippen LogP contribution is -1.99. The zero-order chi connectivity index (χ0) is 38.3. The molecule has 4 aromatic carbocycles. The van der Waals surface area contributed by atoms with Gasteiger partial charge in [0.05, 0.1) is 39.7 Å². The molecule has 0 spiro atoms. The molecule has 0 aliphatic carbocycles. The molecule has 0 fully saturated rings. The van der Waals surface area contributed by atoms with Crippen LogP contribution in [-0.4, -0.2) is 40.5 Å². The van der Waals surface area contributed by atoms with Crippen LogP contribution in [0.1, 0.15) is 11.4 Å². The first-order valence-corrected chi connectivity index (χ1v) is 18.5. The predicted octanol–water partition coefficient (Wildman–Crippen LogP) is 9.80. The summed E-state index contributed by atoms with van der Waals surface area (Å²) in [5, 5.41) is 18.3. The van der Waals surface area contributed by atoms with Crippen molar-refractivity contribution in [3.05, 3.63) is 142 Å². The summed E-state index contributed by atoms with van der Waals surface area (Å²) in [6.07, 6.45) is 4.53. The van der Waals surface area contributed by atoms with E-state index in [-0.39, 0.29) is 0 Å². The molecule has 0 radical (unpaired) electrons. The highest BCUT2D eigenvalue weighted by atomic mass is 79.9. The summed E-state index contributed by atoms with van der Waals surface area (Å²) < 4.78 is 17.9. The van der Waals surface area contributed by atoms with Gasteiger partial charge in [0.1, 0.15) is 23.0 Å². The van der Waals surface area contributed by atoms with Crippen molar-refractivity contribution in [1.29, 1.82) is 0 Å². The molecule has 0 aliphatic heterocycles. The summed E-state index contributed by atoms with van der Waals surface area (Å²) in [5.41, 5.74) is 12.5. The molecule has 0 amide bonds. The quantitative estimate of drug-likeness (QED) is 0.0592. The number of nitrogens with zero attached hydrogens (tertiary/aromatic N) is 7. The maximum atomic E-state index is 8.64. The largest absolute Gasteiger partial charge is 0.457 e. The maximum Gasteiger partial charge on any atom is 0.208 e. The third-order valence-electron chi connectivity index (χ3n) is 8.32. The smallest absolute Gasteiger partial charge is 0.208 e. The Labute approximate surface area is 332 Å². The fraction of sp³-hybridized carbons (Fsp3) is 0.0750. The van der Waals surface area contributed by atoms with Crippen molar-refractivity contribution in [2.24, 2.45) is 25.0 Å². The molecule has 0 atom stereocenters. The predicted molar refractivity (Wildman–Crippen MR) is 222 cm³/mol. The van der Waals surface area contributed by atoms with Crippen molar-refractivity contribution in [2.75, 3.05) is 10.6 Å². The average Bonchev–Trinajstić information content (AvgIpc) is 3.67. The lowest BCUT2D eigenvalue weighted by molar-refractivity contribution is 0.321. The Hall–Kier alpha value is -6.29. The summed E-state index contributed by atoms with van der Waals surface area (Å²) in [6.45, 7) is 0.377. The fourth-order valence-corrected chi connectivity index (χ4v) is 6.09. The second-order valence-corrected chi connectivity index (χ2v) is 13.9. The van der Waals surface area contributed by atoms with Crippen molar-refractivity contribution in [3.63, 3.8) is 0 Å². The van der Waals surface area contributed by atoms with Gasteiger partial charge in [-0.05, 0) is 84.9 Å². The Kier molecular flexibility index (Phi) is 11.3. The van der Waals surface area contributed by atoms with Gasteiger partial charge in [0, 0.05) is 77.6 Å². The third kappa shape index (κ3) is 9.09. The molecule has 4 aromatic heterocycles. The van der Waals surface area contributed by atoms with E-state index in [0.717, 1.165) is 60.0 Å². The Bertz CT molecular complexity index is 2610. The Morgan fingerprint density at radius 3 is 1.62 bits per heavy atom. The number of rotatable bonds is 10. The number of benzene rings is 4. The summed E-state index contributed by atoms with van der Waals surface area (Å²) in [6, 6.07) is 34.5. The number of aryl methyl sites for hydroxylation is 2. The van der Waals surface area contributed by atoms with Crippen molar-refractivity contribution >= 4 is 83.4 Å². The highest BCUT2D eigenvalue weighted by molar-refractivity contribution is 9.10. The number of halogens is 2. The number of fused-ring (bicyclic) bond motifs is 2. The first kappa shape index (κ1) is 37.0. The maximum absolute atomic E-state index is 8.64. The van der Waals surface area contributed by atoms with E-state index in [1.54, 1.807) is 24.5 Å². The summed E-state index contributed by atoms with van der Waals surface area (Å²) in [7, 11) is 3.94. The van der Waals surface area contributed by atoms with Gasteiger partial charge < -0.3 is 40.2 Å². The van der Waals surface area contributed by atoms with Crippen LogP contribution < -0.4 is 25.8 Å². The molecule has 13 nitrogen and oxygen atoms in total. The van der Waals surface area contributed by atoms with Gasteiger partial charge >= 0.3 is 0 Å². The molecule has 55 heavy (non-hydrogen) atoms. The lowest BCUT2D eigenvalue weighted by Gasteiger charge is -2.07. The summed E-state index contributed by atoms with van der Waals surface area (Å²) >= 11 is 6.88. The first-order valence-electron chi connectivity index (χ1n) is 16.9. The number of hydrogen-bond acceptors (Lipinski definition) is 11. The van der Waals surface area contributed by atoms with Crippen LogP contribution in [0.5, 0.6) is 23.0 Å². The van der Waals surface area contributed by atoms with Crippen LogP contribution in [-0.2, 0) is 20.6 Å². The van der Waals surface area contributed by atoms with Crippen LogP contribution in [0, 0.1) is 0 Å². The second kappa shape index (κ2) is 16.8. The second-order valence-electron chi connectivity index (χ2n) is 12.1. The van der Waals surface area contributed by atoms with E-state index in [9.17, 15) is 0 Å². The normalized spacial score (nSPS) is 11.1. The van der Waals surface area contributed by atoms with E-state index in [1.807, 2.05) is 120 Å². The number of aromatic nitrogens is 6. The first-order chi connectivity index (χ1) is 26.7. The molecule has 0 bridgehead atoms. The molecular formula is C40H34Br2N10O3. The number of pyridine rings is 2. The molecule has 0 unspecified atom stereocenters. The van der Waals surface area contributed by atoms with E-state index in [4.69, 9.17) is 25.4 Å². The van der Waals surface area contributed by atoms with Crippen LogP contribution in [0.3, 0.4) is 0 Å². The highest BCUT2D eigenvalue weighted by Crippen LogP contribution is 2.30. The van der Waals surface area contributed by atoms with E-state index < -0.39 is 0 Å². The molecule has 15 heteroatoms. The van der Waals surface area contributed by atoms with Gasteiger partial charge in [-0.15, -0.1) is 0 Å². The van der Waals surface area contributed by atoms with Gasteiger partial charge in [-0.2, -0.15) is 0 Å². The van der Waals surface area contributed by atoms with Gasteiger partial charge in [-0.3, -0.25) is 9.97 Å². The molecule has 0 saturated heterocycles. The van der Waals surface area contributed by atoms with E-state index in [2.05, 4.69) is 62.6 Å². The van der Waals surface area contributed by atoms with Gasteiger partial charge in [-0.1, -0.05) is 37.0 Å².